The molecule has 0 bridgehead atoms. The van der Waals surface area contributed by atoms with Crippen LogP contribution in [0.3, 0.4) is 0 Å². The molecule has 7 nitrogen and oxygen atoms in total. The van der Waals surface area contributed by atoms with Crippen LogP contribution in [-0.4, -0.2) is 36.6 Å². The molecule has 5 rings (SSSR count). The molecule has 2 aromatic heterocycles. The number of aromatic nitrogens is 5. The van der Waals surface area contributed by atoms with Gasteiger partial charge < -0.3 is 4.98 Å². The lowest BCUT2D eigenvalue weighted by Crippen LogP contribution is -2.40. The summed E-state index contributed by atoms with van der Waals surface area (Å²) < 4.78 is 1.85. The van der Waals surface area contributed by atoms with Crippen molar-refractivity contribution in [3.8, 4) is 0 Å². The Bertz CT molecular complexity index is 1350. The molecule has 1 atom stereocenters. The number of rotatable bonds is 3. The minimum Gasteiger partial charge on any atom is -0.322 e. The maximum Gasteiger partial charge on any atom is 0.253 e. The number of fused-ring (bicyclic) bond motifs is 2. The Hall–Kier alpha value is -3.32. The van der Waals surface area contributed by atoms with Crippen LogP contribution in [-0.2, 0) is 18.5 Å². The quantitative estimate of drug-likeness (QED) is 0.538. The fourth-order valence-electron chi connectivity index (χ4n) is 4.63. The van der Waals surface area contributed by atoms with E-state index in [9.17, 15) is 4.79 Å². The largest absolute Gasteiger partial charge is 0.322 e. The summed E-state index contributed by atoms with van der Waals surface area (Å²) in [5.74, 6) is 0.689. The fourth-order valence-corrected chi connectivity index (χ4v) is 4.63. The first-order valence-electron chi connectivity index (χ1n) is 11.0. The van der Waals surface area contributed by atoms with Gasteiger partial charge in [0.05, 0.1) is 5.54 Å². The van der Waals surface area contributed by atoms with Gasteiger partial charge in [0.2, 0.25) is 0 Å². The molecule has 0 fully saturated rings. The van der Waals surface area contributed by atoms with Gasteiger partial charge in [0.25, 0.3) is 5.56 Å². The summed E-state index contributed by atoms with van der Waals surface area (Å²) in [5, 5.41) is 13.7. The number of pyridine rings is 1. The van der Waals surface area contributed by atoms with E-state index in [0.29, 0.717) is 11.4 Å². The zero-order chi connectivity index (χ0) is 22.5. The molecule has 0 aliphatic carbocycles. The lowest BCUT2D eigenvalue weighted by Gasteiger charge is -2.36. The van der Waals surface area contributed by atoms with Crippen molar-refractivity contribution in [1.82, 2.24) is 30.1 Å². The normalized spacial score (nSPS) is 15.6. The monoisotopic (exact) mass is 428 g/mol. The molecule has 0 saturated heterocycles. The Morgan fingerprint density at radius 2 is 1.84 bits per heavy atom. The Morgan fingerprint density at radius 3 is 2.62 bits per heavy atom. The van der Waals surface area contributed by atoms with Gasteiger partial charge in [-0.15, -0.1) is 5.10 Å². The van der Waals surface area contributed by atoms with Crippen LogP contribution >= 0.6 is 0 Å². The van der Waals surface area contributed by atoms with Crippen molar-refractivity contribution in [3.05, 3.63) is 87.0 Å². The van der Waals surface area contributed by atoms with Crippen LogP contribution in [0.2, 0.25) is 0 Å². The average Bonchev–Trinajstić information content (AvgIpc) is 3.25. The standard InChI is InChI=1S/C25H28N6O/c1-16-9-10-21-19(13-16)14-20(24(32)26-21)22(23-27-28-29-31(23)25(2,3)4)30-12-11-17-7-5-6-8-18(17)15-30/h5-10,13-14,22H,11-12,15H2,1-4H3,(H,26,32). The number of H-pyrrole nitrogens is 1. The third-order valence-corrected chi connectivity index (χ3v) is 6.22. The van der Waals surface area contributed by atoms with E-state index in [4.69, 9.17) is 0 Å². The lowest BCUT2D eigenvalue weighted by atomic mass is 9.95. The molecule has 1 aliphatic rings. The van der Waals surface area contributed by atoms with E-state index in [2.05, 4.69) is 83.4 Å². The summed E-state index contributed by atoms with van der Waals surface area (Å²) >= 11 is 0. The van der Waals surface area contributed by atoms with E-state index < -0.39 is 0 Å². The Labute approximate surface area is 187 Å². The predicted molar refractivity (Wildman–Crippen MR) is 125 cm³/mol. The van der Waals surface area contributed by atoms with E-state index in [0.717, 1.165) is 36.0 Å². The summed E-state index contributed by atoms with van der Waals surface area (Å²) in [6, 6.07) is 16.2. The maximum atomic E-state index is 13.3. The van der Waals surface area contributed by atoms with Gasteiger partial charge in [-0.25, -0.2) is 4.68 Å². The van der Waals surface area contributed by atoms with Gasteiger partial charge in [-0.3, -0.25) is 9.69 Å². The third-order valence-electron chi connectivity index (χ3n) is 6.22. The Morgan fingerprint density at radius 1 is 1.06 bits per heavy atom. The van der Waals surface area contributed by atoms with Crippen LogP contribution in [0, 0.1) is 6.92 Å². The molecule has 1 N–H and O–H groups in total. The highest BCUT2D eigenvalue weighted by Crippen LogP contribution is 2.33. The van der Waals surface area contributed by atoms with Crippen LogP contribution in [0.4, 0.5) is 0 Å². The molecule has 0 spiro atoms. The van der Waals surface area contributed by atoms with Crippen LogP contribution in [0.15, 0.2) is 53.3 Å². The van der Waals surface area contributed by atoms with Crippen LogP contribution in [0.5, 0.6) is 0 Å². The first-order chi connectivity index (χ1) is 15.3. The predicted octanol–water partition coefficient (Wildman–Crippen LogP) is 3.73. The van der Waals surface area contributed by atoms with Crippen molar-refractivity contribution in [2.24, 2.45) is 0 Å². The molecule has 1 unspecified atom stereocenters. The Balaban J connectivity index is 1.70. The van der Waals surface area contributed by atoms with Gasteiger partial charge in [-0.1, -0.05) is 35.9 Å². The number of aromatic amines is 1. The van der Waals surface area contributed by atoms with Crippen molar-refractivity contribution in [3.63, 3.8) is 0 Å². The molecule has 3 heterocycles. The van der Waals surface area contributed by atoms with E-state index >= 15 is 0 Å². The second kappa shape index (κ2) is 7.67. The van der Waals surface area contributed by atoms with Gasteiger partial charge >= 0.3 is 0 Å². The smallest absolute Gasteiger partial charge is 0.253 e. The molecule has 0 saturated carbocycles. The second-order valence-corrected chi connectivity index (χ2v) is 9.66. The summed E-state index contributed by atoms with van der Waals surface area (Å²) in [6.45, 7) is 9.84. The molecular formula is C25H28N6O. The van der Waals surface area contributed by atoms with Gasteiger partial charge in [-0.2, -0.15) is 0 Å². The van der Waals surface area contributed by atoms with E-state index in [-0.39, 0.29) is 17.1 Å². The van der Waals surface area contributed by atoms with Crippen molar-refractivity contribution in [1.29, 1.82) is 0 Å². The number of aryl methyl sites for hydroxylation is 1. The maximum absolute atomic E-state index is 13.3. The molecule has 32 heavy (non-hydrogen) atoms. The number of benzene rings is 2. The fraction of sp³-hybridized carbons (Fsp3) is 0.360. The molecule has 4 aromatic rings. The van der Waals surface area contributed by atoms with Gasteiger partial charge in [0, 0.05) is 24.2 Å². The second-order valence-electron chi connectivity index (χ2n) is 9.66. The zero-order valence-electron chi connectivity index (χ0n) is 19.0. The molecule has 7 heteroatoms. The van der Waals surface area contributed by atoms with Crippen molar-refractivity contribution < 1.29 is 0 Å². The number of hydrogen-bond acceptors (Lipinski definition) is 5. The molecule has 164 valence electrons. The van der Waals surface area contributed by atoms with Gasteiger partial charge in [0.15, 0.2) is 5.82 Å². The Kier molecular flexibility index (Phi) is 4.93. The highest BCUT2D eigenvalue weighted by molar-refractivity contribution is 5.79. The van der Waals surface area contributed by atoms with Crippen molar-refractivity contribution in [2.75, 3.05) is 6.54 Å². The van der Waals surface area contributed by atoms with Crippen LogP contribution in [0.25, 0.3) is 10.9 Å². The topological polar surface area (TPSA) is 79.7 Å². The number of hydrogen-bond donors (Lipinski definition) is 1. The summed E-state index contributed by atoms with van der Waals surface area (Å²) in [4.78, 5) is 18.8. The minimum atomic E-state index is -0.355. The summed E-state index contributed by atoms with van der Waals surface area (Å²) in [5.41, 5.74) is 4.88. The lowest BCUT2D eigenvalue weighted by molar-refractivity contribution is 0.185. The summed E-state index contributed by atoms with van der Waals surface area (Å²) in [6.07, 6.45) is 0.925. The van der Waals surface area contributed by atoms with Gasteiger partial charge in [-0.05, 0) is 79.3 Å². The zero-order valence-corrected chi connectivity index (χ0v) is 19.0. The SMILES string of the molecule is Cc1ccc2[nH]c(=O)c(C(c3nnnn3C(C)(C)C)N3CCc4ccccc4C3)cc2c1. The van der Waals surface area contributed by atoms with Crippen LogP contribution in [0.1, 0.15) is 54.9 Å². The number of nitrogens with zero attached hydrogens (tertiary/aromatic N) is 5. The molecule has 0 radical (unpaired) electrons. The van der Waals surface area contributed by atoms with Crippen molar-refractivity contribution in [2.45, 2.75) is 52.2 Å². The third kappa shape index (κ3) is 3.62. The molecule has 0 amide bonds. The number of tetrazole rings is 1. The van der Waals surface area contributed by atoms with E-state index in [1.54, 1.807) is 0 Å². The first-order valence-corrected chi connectivity index (χ1v) is 11.0. The van der Waals surface area contributed by atoms with Gasteiger partial charge in [0.1, 0.15) is 6.04 Å². The van der Waals surface area contributed by atoms with E-state index in [1.165, 1.54) is 11.1 Å². The molecular weight excluding hydrogens is 400 g/mol. The van der Waals surface area contributed by atoms with Crippen molar-refractivity contribution >= 4 is 10.9 Å². The highest BCUT2D eigenvalue weighted by atomic mass is 16.1. The van der Waals surface area contributed by atoms with E-state index in [1.807, 2.05) is 22.9 Å². The average molecular weight is 429 g/mol. The van der Waals surface area contributed by atoms with Crippen LogP contribution < -0.4 is 5.56 Å². The molecule has 1 aliphatic heterocycles. The number of nitrogens with one attached hydrogen (secondary N) is 1. The highest BCUT2D eigenvalue weighted by Gasteiger charge is 2.34. The molecule has 2 aromatic carbocycles. The minimum absolute atomic E-state index is 0.103. The first kappa shape index (κ1) is 20.6. The summed E-state index contributed by atoms with van der Waals surface area (Å²) in [7, 11) is 0.